The Kier molecular flexibility index (Phi) is 5.25. The minimum atomic E-state index is -0.610. The van der Waals surface area contributed by atoms with Crippen molar-refractivity contribution in [1.82, 2.24) is 14.5 Å². The molecule has 6 heteroatoms. The predicted molar refractivity (Wildman–Crippen MR) is 114 cm³/mol. The van der Waals surface area contributed by atoms with Crippen LogP contribution in [0.15, 0.2) is 42.7 Å². The van der Waals surface area contributed by atoms with Crippen LogP contribution in [-0.4, -0.2) is 31.3 Å². The second-order valence-corrected chi connectivity index (χ2v) is 8.46. The van der Waals surface area contributed by atoms with Crippen LogP contribution in [-0.2, 0) is 6.42 Å². The molecule has 2 N–H and O–H groups in total. The van der Waals surface area contributed by atoms with Crippen molar-refractivity contribution in [3.63, 3.8) is 0 Å². The van der Waals surface area contributed by atoms with Crippen molar-refractivity contribution in [1.29, 1.82) is 5.26 Å². The molecule has 1 aliphatic carbocycles. The molecule has 150 valence electrons. The Morgan fingerprint density at radius 1 is 1.21 bits per heavy atom. The van der Waals surface area contributed by atoms with E-state index in [2.05, 4.69) is 16.4 Å². The Balaban J connectivity index is 1.52. The van der Waals surface area contributed by atoms with Crippen LogP contribution in [0.5, 0.6) is 0 Å². The lowest BCUT2D eigenvalue weighted by atomic mass is 9.77. The molecule has 0 atom stereocenters. The SMILES string of the molecule is CC(C)(O)C1CCC(Nc2nccc(-n3ccc4c(CC#N)cccc43)n2)CC1. The Bertz CT molecular complexity index is 1040. The molecule has 0 aliphatic heterocycles. The van der Waals surface area contributed by atoms with Crippen molar-refractivity contribution >= 4 is 16.9 Å². The number of benzene rings is 1. The fraction of sp³-hybridized carbons (Fsp3) is 0.435. The van der Waals surface area contributed by atoms with Gasteiger partial charge in [-0.15, -0.1) is 0 Å². The van der Waals surface area contributed by atoms with Crippen molar-refractivity contribution in [3.8, 4) is 11.9 Å². The summed E-state index contributed by atoms with van der Waals surface area (Å²) < 4.78 is 2.04. The highest BCUT2D eigenvalue weighted by molar-refractivity contribution is 5.85. The van der Waals surface area contributed by atoms with Crippen LogP contribution in [0.25, 0.3) is 16.7 Å². The Morgan fingerprint density at radius 3 is 2.72 bits per heavy atom. The molecule has 1 fully saturated rings. The zero-order chi connectivity index (χ0) is 20.4. The van der Waals surface area contributed by atoms with Gasteiger partial charge in [0.25, 0.3) is 0 Å². The van der Waals surface area contributed by atoms with Crippen LogP contribution in [0.4, 0.5) is 5.95 Å². The molecule has 1 aromatic carbocycles. The lowest BCUT2D eigenvalue weighted by molar-refractivity contribution is -0.000413. The first-order chi connectivity index (χ1) is 14.0. The number of rotatable bonds is 5. The van der Waals surface area contributed by atoms with Gasteiger partial charge in [-0.2, -0.15) is 10.2 Å². The minimum absolute atomic E-state index is 0.326. The summed E-state index contributed by atoms with van der Waals surface area (Å²) in [5.41, 5.74) is 1.45. The zero-order valence-corrected chi connectivity index (χ0v) is 17.0. The van der Waals surface area contributed by atoms with Gasteiger partial charge in [0.15, 0.2) is 0 Å². The van der Waals surface area contributed by atoms with Crippen LogP contribution in [0.3, 0.4) is 0 Å². The maximum atomic E-state index is 10.2. The Morgan fingerprint density at radius 2 is 2.00 bits per heavy atom. The monoisotopic (exact) mass is 389 g/mol. The number of fused-ring (bicyclic) bond motifs is 1. The molecule has 1 saturated carbocycles. The molecule has 1 aliphatic rings. The second-order valence-electron chi connectivity index (χ2n) is 8.46. The summed E-state index contributed by atoms with van der Waals surface area (Å²) in [5, 5.41) is 23.8. The zero-order valence-electron chi connectivity index (χ0n) is 17.0. The molecule has 0 bridgehead atoms. The van der Waals surface area contributed by atoms with Gasteiger partial charge in [-0.05, 0) is 69.2 Å². The fourth-order valence-electron chi connectivity index (χ4n) is 4.35. The molecule has 0 saturated heterocycles. The molecule has 0 amide bonds. The molecule has 3 aromatic rings. The summed E-state index contributed by atoms with van der Waals surface area (Å²) in [5.74, 6) is 1.78. The third-order valence-electron chi connectivity index (χ3n) is 6.04. The Hall–Kier alpha value is -2.91. The maximum absolute atomic E-state index is 10.2. The van der Waals surface area contributed by atoms with E-state index in [1.165, 1.54) is 0 Å². The van der Waals surface area contributed by atoms with Crippen molar-refractivity contribution in [3.05, 3.63) is 48.3 Å². The average Bonchev–Trinajstić information content (AvgIpc) is 3.13. The van der Waals surface area contributed by atoms with E-state index in [1.807, 2.05) is 54.9 Å². The molecule has 29 heavy (non-hydrogen) atoms. The van der Waals surface area contributed by atoms with E-state index in [1.54, 1.807) is 6.20 Å². The quantitative estimate of drug-likeness (QED) is 0.682. The van der Waals surface area contributed by atoms with Gasteiger partial charge in [0.2, 0.25) is 5.95 Å². The maximum Gasteiger partial charge on any atom is 0.224 e. The normalized spacial score (nSPS) is 19.8. The van der Waals surface area contributed by atoms with Crippen LogP contribution < -0.4 is 5.32 Å². The summed E-state index contributed by atoms with van der Waals surface area (Å²) in [4.78, 5) is 9.14. The molecular weight excluding hydrogens is 362 g/mol. The summed E-state index contributed by atoms with van der Waals surface area (Å²) in [6, 6.07) is 12.5. The number of nitrogens with zero attached hydrogens (tertiary/aromatic N) is 4. The van der Waals surface area contributed by atoms with Gasteiger partial charge in [0.1, 0.15) is 5.82 Å². The third-order valence-corrected chi connectivity index (χ3v) is 6.04. The van der Waals surface area contributed by atoms with Crippen molar-refractivity contribution in [2.45, 2.75) is 57.6 Å². The van der Waals surface area contributed by atoms with Gasteiger partial charge in [0.05, 0.1) is 23.6 Å². The van der Waals surface area contributed by atoms with Crippen molar-refractivity contribution in [2.24, 2.45) is 5.92 Å². The molecule has 2 heterocycles. The van der Waals surface area contributed by atoms with E-state index < -0.39 is 5.60 Å². The molecule has 2 aromatic heterocycles. The molecule has 0 radical (unpaired) electrons. The molecule has 4 rings (SSSR count). The molecule has 0 spiro atoms. The number of nitriles is 1. The molecule has 6 nitrogen and oxygen atoms in total. The number of aliphatic hydroxyl groups is 1. The number of nitrogens with one attached hydrogen (secondary N) is 1. The highest BCUT2D eigenvalue weighted by Crippen LogP contribution is 2.33. The summed E-state index contributed by atoms with van der Waals surface area (Å²) in [7, 11) is 0. The second kappa shape index (κ2) is 7.84. The van der Waals surface area contributed by atoms with Crippen LogP contribution >= 0.6 is 0 Å². The van der Waals surface area contributed by atoms with Gasteiger partial charge in [-0.3, -0.25) is 0 Å². The summed E-state index contributed by atoms with van der Waals surface area (Å²) >= 11 is 0. The van der Waals surface area contributed by atoms with Gasteiger partial charge >= 0.3 is 0 Å². The van der Waals surface area contributed by atoms with Crippen molar-refractivity contribution < 1.29 is 5.11 Å². The van der Waals surface area contributed by atoms with Crippen molar-refractivity contribution in [2.75, 3.05) is 5.32 Å². The average molecular weight is 390 g/mol. The number of aromatic nitrogens is 3. The summed E-state index contributed by atoms with van der Waals surface area (Å²) in [6.07, 6.45) is 8.18. The predicted octanol–water partition coefficient (Wildman–Crippen LogP) is 4.23. The largest absolute Gasteiger partial charge is 0.390 e. The van der Waals surface area contributed by atoms with E-state index in [9.17, 15) is 5.11 Å². The van der Waals surface area contributed by atoms with E-state index in [4.69, 9.17) is 10.2 Å². The molecular formula is C23H27N5O. The topological polar surface area (TPSA) is 86.8 Å². The first kappa shape index (κ1) is 19.4. The Labute approximate surface area is 171 Å². The summed E-state index contributed by atoms with van der Waals surface area (Å²) in [6.45, 7) is 3.81. The molecule has 0 unspecified atom stereocenters. The number of anilines is 1. The standard InChI is InChI=1S/C23H27N5O/c1-23(2,29)17-6-8-18(9-7-17)26-22-25-14-11-21(27-22)28-15-12-19-16(10-13-24)4-3-5-20(19)28/h3-5,11-12,14-15,17-18,29H,6-10H2,1-2H3,(H,25,26,27). The smallest absolute Gasteiger partial charge is 0.224 e. The lowest BCUT2D eigenvalue weighted by Gasteiger charge is -2.36. The fourth-order valence-corrected chi connectivity index (χ4v) is 4.35. The van der Waals surface area contributed by atoms with Crippen LogP contribution in [0.2, 0.25) is 0 Å². The lowest BCUT2D eigenvalue weighted by Crippen LogP contribution is -2.37. The van der Waals surface area contributed by atoms with Crippen LogP contribution in [0.1, 0.15) is 45.1 Å². The van der Waals surface area contributed by atoms with Crippen LogP contribution in [0, 0.1) is 17.2 Å². The van der Waals surface area contributed by atoms with Gasteiger partial charge in [-0.1, -0.05) is 12.1 Å². The van der Waals surface area contributed by atoms with E-state index in [0.717, 1.165) is 48.0 Å². The number of hydrogen-bond donors (Lipinski definition) is 2. The first-order valence-electron chi connectivity index (χ1n) is 10.2. The number of hydrogen-bond acceptors (Lipinski definition) is 5. The highest BCUT2D eigenvalue weighted by atomic mass is 16.3. The highest BCUT2D eigenvalue weighted by Gasteiger charge is 2.31. The van der Waals surface area contributed by atoms with Gasteiger partial charge in [0, 0.05) is 23.8 Å². The van der Waals surface area contributed by atoms with Gasteiger partial charge in [-0.25, -0.2) is 4.98 Å². The van der Waals surface area contributed by atoms with Gasteiger partial charge < -0.3 is 15.0 Å². The minimum Gasteiger partial charge on any atom is -0.390 e. The third kappa shape index (κ3) is 4.10. The van der Waals surface area contributed by atoms with E-state index in [0.29, 0.717) is 24.3 Å². The van der Waals surface area contributed by atoms with E-state index >= 15 is 0 Å². The van der Waals surface area contributed by atoms with E-state index in [-0.39, 0.29) is 0 Å². The first-order valence-corrected chi connectivity index (χ1v) is 10.2.